The van der Waals surface area contributed by atoms with Crippen molar-refractivity contribution in [3.05, 3.63) is 29.3 Å². The summed E-state index contributed by atoms with van der Waals surface area (Å²) >= 11 is 0. The highest BCUT2D eigenvalue weighted by Crippen LogP contribution is 2.37. The van der Waals surface area contributed by atoms with Gasteiger partial charge in [-0.05, 0) is 43.9 Å². The zero-order valence-corrected chi connectivity index (χ0v) is 10.3. The molecule has 0 saturated carbocycles. The number of hydrogen-bond acceptors (Lipinski definition) is 2. The van der Waals surface area contributed by atoms with Crippen molar-refractivity contribution in [2.75, 3.05) is 0 Å². The van der Waals surface area contributed by atoms with E-state index in [0.717, 1.165) is 12.0 Å². The Morgan fingerprint density at radius 3 is 2.61 bits per heavy atom. The zero-order valence-electron chi connectivity index (χ0n) is 10.3. The Labute approximate surface area is 104 Å². The number of fused-ring (bicyclic) bond motifs is 1. The van der Waals surface area contributed by atoms with Crippen molar-refractivity contribution in [3.8, 4) is 5.75 Å². The van der Waals surface area contributed by atoms with Crippen LogP contribution < -0.4 is 10.5 Å². The lowest BCUT2D eigenvalue weighted by molar-refractivity contribution is -0.149. The van der Waals surface area contributed by atoms with E-state index in [4.69, 9.17) is 10.5 Å². The van der Waals surface area contributed by atoms with Gasteiger partial charge in [0.2, 0.25) is 0 Å². The maximum absolute atomic E-state index is 12.5. The predicted molar refractivity (Wildman–Crippen MR) is 62.5 cm³/mol. The molecule has 1 aromatic carbocycles. The summed E-state index contributed by atoms with van der Waals surface area (Å²) in [7, 11) is 0. The number of nitrogens with two attached hydrogens (primary N) is 1. The van der Waals surface area contributed by atoms with E-state index in [1.165, 1.54) is 12.1 Å². The van der Waals surface area contributed by atoms with Crippen LogP contribution in [0, 0.1) is 0 Å². The Balaban J connectivity index is 2.29. The molecule has 2 rings (SSSR count). The van der Waals surface area contributed by atoms with Gasteiger partial charge in [0.15, 0.2) is 0 Å². The van der Waals surface area contributed by atoms with Gasteiger partial charge in [0.05, 0.1) is 0 Å². The zero-order chi connectivity index (χ0) is 13.6. The van der Waals surface area contributed by atoms with Gasteiger partial charge in [-0.1, -0.05) is 12.1 Å². The van der Waals surface area contributed by atoms with E-state index in [1.54, 1.807) is 6.07 Å². The monoisotopic (exact) mass is 259 g/mol. The molecular formula is C13H16F3NO. The minimum absolute atomic E-state index is 0.0876. The summed E-state index contributed by atoms with van der Waals surface area (Å²) in [6.45, 7) is 3.93. The summed E-state index contributed by atoms with van der Waals surface area (Å²) < 4.78 is 43.3. The third-order valence-electron chi connectivity index (χ3n) is 3.18. The first-order chi connectivity index (χ1) is 8.19. The second-order valence-corrected chi connectivity index (χ2v) is 5.25. The maximum atomic E-state index is 12.5. The Morgan fingerprint density at radius 1 is 1.33 bits per heavy atom. The fraction of sp³-hybridized carbons (Fsp3) is 0.538. The molecule has 0 aliphatic carbocycles. The first-order valence-corrected chi connectivity index (χ1v) is 5.83. The van der Waals surface area contributed by atoms with Crippen LogP contribution in [0.15, 0.2) is 18.2 Å². The van der Waals surface area contributed by atoms with E-state index in [2.05, 4.69) is 0 Å². The van der Waals surface area contributed by atoms with E-state index in [9.17, 15) is 13.2 Å². The Morgan fingerprint density at radius 2 is 2.00 bits per heavy atom. The van der Waals surface area contributed by atoms with Crippen LogP contribution in [-0.2, 0) is 6.42 Å². The van der Waals surface area contributed by atoms with E-state index >= 15 is 0 Å². The number of halogens is 3. The average molecular weight is 259 g/mol. The Kier molecular flexibility index (Phi) is 3.05. The largest absolute Gasteiger partial charge is 0.488 e. The van der Waals surface area contributed by atoms with Crippen LogP contribution in [0.2, 0.25) is 0 Å². The lowest BCUT2D eigenvalue weighted by Gasteiger charge is -2.33. The second-order valence-electron chi connectivity index (χ2n) is 5.25. The Hall–Kier alpha value is -1.23. The first-order valence-electron chi connectivity index (χ1n) is 5.83. The van der Waals surface area contributed by atoms with Crippen molar-refractivity contribution in [2.45, 2.75) is 44.5 Å². The first kappa shape index (κ1) is 13.2. The molecule has 100 valence electrons. The highest BCUT2D eigenvalue weighted by molar-refractivity contribution is 5.40. The molecule has 0 aromatic heterocycles. The van der Waals surface area contributed by atoms with Crippen molar-refractivity contribution in [3.63, 3.8) is 0 Å². The lowest BCUT2D eigenvalue weighted by atomic mass is 9.92. The minimum Gasteiger partial charge on any atom is -0.488 e. The summed E-state index contributed by atoms with van der Waals surface area (Å²) in [5.41, 5.74) is 5.81. The smallest absolute Gasteiger partial charge is 0.407 e. The van der Waals surface area contributed by atoms with Crippen LogP contribution >= 0.6 is 0 Å². The van der Waals surface area contributed by atoms with Gasteiger partial charge >= 0.3 is 6.18 Å². The van der Waals surface area contributed by atoms with Crippen LogP contribution in [0.4, 0.5) is 13.2 Å². The molecule has 1 atom stereocenters. The molecule has 0 amide bonds. The van der Waals surface area contributed by atoms with E-state index in [1.807, 2.05) is 13.8 Å². The molecule has 2 nitrogen and oxygen atoms in total. The highest BCUT2D eigenvalue weighted by atomic mass is 19.4. The van der Waals surface area contributed by atoms with Crippen molar-refractivity contribution < 1.29 is 17.9 Å². The predicted octanol–water partition coefficient (Wildman–Crippen LogP) is 3.35. The molecule has 1 aromatic rings. The lowest BCUT2D eigenvalue weighted by Crippen LogP contribution is -2.33. The van der Waals surface area contributed by atoms with Crippen molar-refractivity contribution >= 4 is 0 Å². The molecule has 1 aliphatic rings. The van der Waals surface area contributed by atoms with Gasteiger partial charge in [-0.2, -0.15) is 13.2 Å². The Bertz CT molecular complexity index is 454. The van der Waals surface area contributed by atoms with Gasteiger partial charge in [0.25, 0.3) is 0 Å². The van der Waals surface area contributed by atoms with Crippen LogP contribution in [-0.4, -0.2) is 11.8 Å². The normalized spacial score (nSPS) is 19.9. The van der Waals surface area contributed by atoms with E-state index in [-0.39, 0.29) is 11.2 Å². The van der Waals surface area contributed by atoms with E-state index in [0.29, 0.717) is 12.2 Å². The number of ether oxygens (including phenoxy) is 1. The topological polar surface area (TPSA) is 35.2 Å². The molecule has 5 heteroatoms. The number of aryl methyl sites for hydroxylation is 1. The number of alkyl halides is 3. The van der Waals surface area contributed by atoms with Gasteiger partial charge in [0, 0.05) is 0 Å². The molecule has 18 heavy (non-hydrogen) atoms. The second kappa shape index (κ2) is 4.16. The molecule has 0 fully saturated rings. The molecule has 1 heterocycles. The van der Waals surface area contributed by atoms with Gasteiger partial charge in [-0.3, -0.25) is 0 Å². The summed E-state index contributed by atoms with van der Waals surface area (Å²) in [5, 5.41) is 0. The quantitative estimate of drug-likeness (QED) is 0.839. The molecule has 0 spiro atoms. The molecule has 1 aliphatic heterocycles. The summed E-state index contributed by atoms with van der Waals surface area (Å²) in [6.07, 6.45) is -2.92. The fourth-order valence-corrected chi connectivity index (χ4v) is 2.06. The third-order valence-corrected chi connectivity index (χ3v) is 3.18. The molecule has 0 saturated heterocycles. The van der Waals surface area contributed by atoms with Crippen molar-refractivity contribution in [1.29, 1.82) is 0 Å². The summed E-state index contributed by atoms with van der Waals surface area (Å²) in [5.74, 6) is 0.657. The SMILES string of the molecule is CC1(C)CCc2cc(C(N)C(F)(F)F)ccc2O1. The average Bonchev–Trinajstić information content (AvgIpc) is 2.25. The molecule has 2 N–H and O–H groups in total. The highest BCUT2D eigenvalue weighted by Gasteiger charge is 2.38. The minimum atomic E-state index is -4.41. The van der Waals surface area contributed by atoms with Crippen LogP contribution in [0.1, 0.15) is 37.4 Å². The van der Waals surface area contributed by atoms with Gasteiger partial charge < -0.3 is 10.5 Å². The number of rotatable bonds is 1. The molecular weight excluding hydrogens is 243 g/mol. The van der Waals surface area contributed by atoms with Crippen LogP contribution in [0.3, 0.4) is 0 Å². The molecule has 0 radical (unpaired) electrons. The van der Waals surface area contributed by atoms with Crippen molar-refractivity contribution in [2.24, 2.45) is 5.73 Å². The summed E-state index contributed by atoms with van der Waals surface area (Å²) in [4.78, 5) is 0. The van der Waals surface area contributed by atoms with Crippen molar-refractivity contribution in [1.82, 2.24) is 0 Å². The van der Waals surface area contributed by atoms with Gasteiger partial charge in [-0.15, -0.1) is 0 Å². The molecule has 0 bridgehead atoms. The maximum Gasteiger partial charge on any atom is 0.407 e. The standard InChI is InChI=1S/C13H16F3NO/c1-12(2)6-5-8-7-9(3-4-10(8)18-12)11(17)13(14,15)16/h3-4,7,11H,5-6,17H2,1-2H3. The van der Waals surface area contributed by atoms with Crippen LogP contribution in [0.5, 0.6) is 5.75 Å². The van der Waals surface area contributed by atoms with Gasteiger partial charge in [0.1, 0.15) is 17.4 Å². The van der Waals surface area contributed by atoms with Crippen LogP contribution in [0.25, 0.3) is 0 Å². The number of hydrogen-bond donors (Lipinski definition) is 1. The third kappa shape index (κ3) is 2.61. The summed E-state index contributed by atoms with van der Waals surface area (Å²) in [6, 6.07) is 2.54. The van der Waals surface area contributed by atoms with E-state index < -0.39 is 12.2 Å². The number of benzene rings is 1. The van der Waals surface area contributed by atoms with Gasteiger partial charge in [-0.25, -0.2) is 0 Å². The fourth-order valence-electron chi connectivity index (χ4n) is 2.06. The molecule has 1 unspecified atom stereocenters.